The van der Waals surface area contributed by atoms with Gasteiger partial charge in [0.2, 0.25) is 0 Å². The topological polar surface area (TPSA) is 50.4 Å². The van der Waals surface area contributed by atoms with E-state index in [0.717, 1.165) is 12.5 Å². The van der Waals surface area contributed by atoms with Gasteiger partial charge in [0.1, 0.15) is 0 Å². The van der Waals surface area contributed by atoms with Crippen LogP contribution in [0.15, 0.2) is 4.99 Å². The normalized spacial score (nSPS) is 24.9. The van der Waals surface area contributed by atoms with Crippen LogP contribution < -0.4 is 11.1 Å². The smallest absolute Gasteiger partial charge is 0.188 e. The third kappa shape index (κ3) is 3.69. The Kier molecular flexibility index (Phi) is 4.49. The van der Waals surface area contributed by atoms with Gasteiger partial charge in [-0.2, -0.15) is 0 Å². The van der Waals surface area contributed by atoms with Gasteiger partial charge in [-0.05, 0) is 31.6 Å². The molecule has 2 fully saturated rings. The Morgan fingerprint density at radius 1 is 1.00 bits per heavy atom. The summed E-state index contributed by atoms with van der Waals surface area (Å²) in [6, 6.07) is 0.593. The highest BCUT2D eigenvalue weighted by Crippen LogP contribution is 2.23. The van der Waals surface area contributed by atoms with Crippen LogP contribution in [0.2, 0.25) is 0 Å². The molecule has 0 aromatic heterocycles. The summed E-state index contributed by atoms with van der Waals surface area (Å²) in [4.78, 5) is 4.49. The van der Waals surface area contributed by atoms with Crippen molar-refractivity contribution < 1.29 is 0 Å². The molecule has 0 heterocycles. The van der Waals surface area contributed by atoms with Crippen molar-refractivity contribution in [1.82, 2.24) is 5.32 Å². The lowest BCUT2D eigenvalue weighted by atomic mass is 9.89. The summed E-state index contributed by atoms with van der Waals surface area (Å²) in [5.74, 6) is 1.47. The molecular formula is C13H25N3. The minimum atomic E-state index is 0.593. The molecule has 3 heteroatoms. The second-order valence-corrected chi connectivity index (χ2v) is 5.36. The Morgan fingerprint density at radius 2 is 1.62 bits per heavy atom. The van der Waals surface area contributed by atoms with Crippen molar-refractivity contribution in [2.24, 2.45) is 16.6 Å². The van der Waals surface area contributed by atoms with E-state index in [1.54, 1.807) is 0 Å². The number of rotatable bonds is 3. The zero-order valence-electron chi connectivity index (χ0n) is 10.3. The second kappa shape index (κ2) is 6.12. The van der Waals surface area contributed by atoms with E-state index in [9.17, 15) is 0 Å². The van der Waals surface area contributed by atoms with Crippen molar-refractivity contribution in [2.75, 3.05) is 6.54 Å². The highest BCUT2D eigenvalue weighted by molar-refractivity contribution is 5.78. The fourth-order valence-corrected chi connectivity index (χ4v) is 2.92. The Bertz CT molecular complexity index is 225. The van der Waals surface area contributed by atoms with E-state index in [2.05, 4.69) is 10.3 Å². The van der Waals surface area contributed by atoms with Gasteiger partial charge in [0, 0.05) is 12.6 Å². The SMILES string of the molecule is NC(=NCC1CCCCC1)NC1CCCC1. The molecule has 92 valence electrons. The summed E-state index contributed by atoms with van der Waals surface area (Å²) in [6.07, 6.45) is 12.1. The van der Waals surface area contributed by atoms with Gasteiger partial charge in [0.25, 0.3) is 0 Å². The predicted octanol–water partition coefficient (Wildman–Crippen LogP) is 2.41. The molecule has 0 atom stereocenters. The number of nitrogens with two attached hydrogens (primary N) is 1. The summed E-state index contributed by atoms with van der Waals surface area (Å²) >= 11 is 0. The summed E-state index contributed by atoms with van der Waals surface area (Å²) < 4.78 is 0. The highest BCUT2D eigenvalue weighted by atomic mass is 15.1. The molecule has 16 heavy (non-hydrogen) atoms. The molecule has 2 saturated carbocycles. The zero-order valence-corrected chi connectivity index (χ0v) is 10.3. The van der Waals surface area contributed by atoms with Crippen molar-refractivity contribution >= 4 is 5.96 Å². The lowest BCUT2D eigenvalue weighted by molar-refractivity contribution is 0.366. The maximum Gasteiger partial charge on any atom is 0.188 e. The number of aliphatic imine (C=N–C) groups is 1. The van der Waals surface area contributed by atoms with E-state index in [-0.39, 0.29) is 0 Å². The average molecular weight is 223 g/mol. The first-order valence-corrected chi connectivity index (χ1v) is 6.91. The van der Waals surface area contributed by atoms with Crippen LogP contribution in [0.25, 0.3) is 0 Å². The van der Waals surface area contributed by atoms with E-state index >= 15 is 0 Å². The molecule has 2 aliphatic carbocycles. The van der Waals surface area contributed by atoms with Crippen molar-refractivity contribution in [2.45, 2.75) is 63.8 Å². The first-order chi connectivity index (χ1) is 7.84. The number of guanidine groups is 1. The first kappa shape index (κ1) is 11.7. The van der Waals surface area contributed by atoms with Crippen LogP contribution in [0.4, 0.5) is 0 Å². The van der Waals surface area contributed by atoms with Gasteiger partial charge < -0.3 is 11.1 Å². The Labute approximate surface area is 98.9 Å². The van der Waals surface area contributed by atoms with Crippen molar-refractivity contribution in [1.29, 1.82) is 0 Å². The first-order valence-electron chi connectivity index (χ1n) is 6.91. The molecule has 0 aromatic rings. The molecule has 0 radical (unpaired) electrons. The molecule has 0 aromatic carbocycles. The maximum absolute atomic E-state index is 5.91. The third-order valence-corrected chi connectivity index (χ3v) is 3.95. The van der Waals surface area contributed by atoms with Gasteiger partial charge in [-0.1, -0.05) is 32.1 Å². The monoisotopic (exact) mass is 223 g/mol. The summed E-state index contributed by atoms with van der Waals surface area (Å²) in [5, 5.41) is 3.35. The average Bonchev–Trinajstić information content (AvgIpc) is 2.81. The Balaban J connectivity index is 1.68. The van der Waals surface area contributed by atoms with Crippen LogP contribution >= 0.6 is 0 Å². The van der Waals surface area contributed by atoms with E-state index < -0.39 is 0 Å². The molecule has 2 aliphatic rings. The van der Waals surface area contributed by atoms with Crippen LogP contribution in [0.3, 0.4) is 0 Å². The lowest BCUT2D eigenvalue weighted by Gasteiger charge is -2.20. The lowest BCUT2D eigenvalue weighted by Crippen LogP contribution is -2.38. The van der Waals surface area contributed by atoms with Crippen LogP contribution in [-0.2, 0) is 0 Å². The molecule has 3 N–H and O–H groups in total. The minimum absolute atomic E-state index is 0.593. The zero-order chi connectivity index (χ0) is 11.2. The van der Waals surface area contributed by atoms with Gasteiger partial charge >= 0.3 is 0 Å². The van der Waals surface area contributed by atoms with Crippen molar-refractivity contribution in [3.8, 4) is 0 Å². The number of nitrogens with zero attached hydrogens (tertiary/aromatic N) is 1. The number of hydrogen-bond acceptors (Lipinski definition) is 1. The number of hydrogen-bond donors (Lipinski definition) is 2. The summed E-state index contributed by atoms with van der Waals surface area (Å²) in [7, 11) is 0. The quantitative estimate of drug-likeness (QED) is 0.570. The molecule has 0 amide bonds. The molecule has 2 rings (SSSR count). The molecule has 0 bridgehead atoms. The molecule has 0 saturated heterocycles. The standard InChI is InChI=1S/C13H25N3/c14-13(16-12-8-4-5-9-12)15-10-11-6-2-1-3-7-11/h11-12H,1-10H2,(H3,14,15,16). The highest BCUT2D eigenvalue weighted by Gasteiger charge is 2.16. The molecule has 0 aliphatic heterocycles. The molecule has 0 spiro atoms. The number of nitrogens with one attached hydrogen (secondary N) is 1. The molecular weight excluding hydrogens is 198 g/mol. The van der Waals surface area contributed by atoms with E-state index in [4.69, 9.17) is 5.73 Å². The van der Waals surface area contributed by atoms with Gasteiger partial charge in [0.05, 0.1) is 0 Å². The van der Waals surface area contributed by atoms with Crippen LogP contribution in [0.1, 0.15) is 57.8 Å². The van der Waals surface area contributed by atoms with Gasteiger partial charge in [0.15, 0.2) is 5.96 Å². The van der Waals surface area contributed by atoms with Crippen LogP contribution in [-0.4, -0.2) is 18.5 Å². The van der Waals surface area contributed by atoms with Crippen molar-refractivity contribution in [3.63, 3.8) is 0 Å². The van der Waals surface area contributed by atoms with Crippen LogP contribution in [0, 0.1) is 5.92 Å². The van der Waals surface area contributed by atoms with Gasteiger partial charge in [-0.25, -0.2) is 0 Å². The van der Waals surface area contributed by atoms with Gasteiger partial charge in [-0.3, -0.25) is 4.99 Å². The van der Waals surface area contributed by atoms with E-state index in [0.29, 0.717) is 12.0 Å². The largest absolute Gasteiger partial charge is 0.370 e. The Hall–Kier alpha value is -0.730. The van der Waals surface area contributed by atoms with Gasteiger partial charge in [-0.15, -0.1) is 0 Å². The third-order valence-electron chi connectivity index (χ3n) is 3.95. The Morgan fingerprint density at radius 3 is 2.31 bits per heavy atom. The molecule has 0 unspecified atom stereocenters. The summed E-state index contributed by atoms with van der Waals surface area (Å²) in [6.45, 7) is 0.936. The van der Waals surface area contributed by atoms with Crippen LogP contribution in [0.5, 0.6) is 0 Å². The van der Waals surface area contributed by atoms with Crippen molar-refractivity contribution in [3.05, 3.63) is 0 Å². The maximum atomic E-state index is 5.91. The minimum Gasteiger partial charge on any atom is -0.370 e. The second-order valence-electron chi connectivity index (χ2n) is 5.36. The fraction of sp³-hybridized carbons (Fsp3) is 0.923. The molecule has 3 nitrogen and oxygen atoms in total. The fourth-order valence-electron chi connectivity index (χ4n) is 2.92. The predicted molar refractivity (Wildman–Crippen MR) is 68.5 cm³/mol. The van der Waals surface area contributed by atoms with E-state index in [1.807, 2.05) is 0 Å². The van der Waals surface area contributed by atoms with E-state index in [1.165, 1.54) is 57.8 Å². The summed E-state index contributed by atoms with van der Waals surface area (Å²) in [5.41, 5.74) is 5.91.